The van der Waals surface area contributed by atoms with Gasteiger partial charge in [0.15, 0.2) is 6.10 Å². The van der Waals surface area contributed by atoms with E-state index in [1.165, 1.54) is 122 Å². The standard InChI is InChI=1S/C57H96O6/c1-4-7-10-13-16-19-22-24-26-28-30-32-35-37-40-43-46-49-55(58)61-52-54(63-57(60)51-48-45-42-39-34-21-18-15-12-9-6-3)53-62-56(59)50-47-44-41-38-36-33-31-29-27-25-23-20-17-14-11-8-5-2/h16,19,24-27,30-33,37-38,40-41,54H,4-15,17-18,20-23,28-29,34-36,39,42-53H2,1-3H3/b19-16-,26-24-,27-25-,32-30-,33-31-,40-37-,41-38-/t54-/m1/s1. The fraction of sp³-hybridized carbons (Fsp3) is 0.702. The van der Waals surface area contributed by atoms with Gasteiger partial charge in [-0.15, -0.1) is 0 Å². The molecule has 0 aliphatic heterocycles. The molecule has 0 rings (SSSR count). The molecular formula is C57H96O6. The van der Waals surface area contributed by atoms with E-state index >= 15 is 0 Å². The molecule has 360 valence electrons. The van der Waals surface area contributed by atoms with Crippen molar-refractivity contribution < 1.29 is 28.6 Å². The summed E-state index contributed by atoms with van der Waals surface area (Å²) in [5, 5.41) is 0. The molecule has 0 saturated heterocycles. The minimum atomic E-state index is -0.816. The predicted molar refractivity (Wildman–Crippen MR) is 270 cm³/mol. The van der Waals surface area contributed by atoms with Crippen LogP contribution >= 0.6 is 0 Å². The van der Waals surface area contributed by atoms with Gasteiger partial charge in [0, 0.05) is 19.3 Å². The lowest BCUT2D eigenvalue weighted by atomic mass is 10.1. The summed E-state index contributed by atoms with van der Waals surface area (Å²) < 4.78 is 16.7. The van der Waals surface area contributed by atoms with Gasteiger partial charge in [0.1, 0.15) is 13.2 Å². The van der Waals surface area contributed by atoms with Crippen molar-refractivity contribution in [1.29, 1.82) is 0 Å². The molecule has 0 N–H and O–H groups in total. The third kappa shape index (κ3) is 49.5. The zero-order valence-electron chi connectivity index (χ0n) is 41.1. The van der Waals surface area contributed by atoms with E-state index in [0.717, 1.165) is 64.2 Å². The Labute approximate surface area is 388 Å². The molecule has 6 nitrogen and oxygen atoms in total. The molecule has 0 amide bonds. The van der Waals surface area contributed by atoms with Crippen LogP contribution in [0.2, 0.25) is 0 Å². The highest BCUT2D eigenvalue weighted by Gasteiger charge is 2.19. The summed E-state index contributed by atoms with van der Waals surface area (Å²) in [5.74, 6) is -1.02. The van der Waals surface area contributed by atoms with Crippen LogP contribution in [-0.4, -0.2) is 37.2 Å². The summed E-state index contributed by atoms with van der Waals surface area (Å²) in [7, 11) is 0. The molecule has 0 unspecified atom stereocenters. The van der Waals surface area contributed by atoms with Crippen LogP contribution in [-0.2, 0) is 28.6 Å². The van der Waals surface area contributed by atoms with Crippen molar-refractivity contribution in [3.63, 3.8) is 0 Å². The first kappa shape index (κ1) is 59.6. The van der Waals surface area contributed by atoms with Gasteiger partial charge in [0.05, 0.1) is 0 Å². The lowest BCUT2D eigenvalue weighted by molar-refractivity contribution is -0.167. The number of allylic oxidation sites excluding steroid dienone is 14. The van der Waals surface area contributed by atoms with E-state index in [0.29, 0.717) is 19.3 Å². The topological polar surface area (TPSA) is 78.9 Å². The minimum Gasteiger partial charge on any atom is -0.462 e. The predicted octanol–water partition coefficient (Wildman–Crippen LogP) is 17.2. The second-order valence-electron chi connectivity index (χ2n) is 17.1. The number of esters is 3. The average molecular weight is 877 g/mol. The monoisotopic (exact) mass is 877 g/mol. The molecule has 0 aromatic heterocycles. The highest BCUT2D eigenvalue weighted by atomic mass is 16.6. The van der Waals surface area contributed by atoms with Crippen molar-refractivity contribution in [2.75, 3.05) is 13.2 Å². The number of hydrogen-bond donors (Lipinski definition) is 0. The molecule has 0 aromatic carbocycles. The van der Waals surface area contributed by atoms with Crippen LogP contribution in [0.15, 0.2) is 85.1 Å². The first-order valence-electron chi connectivity index (χ1n) is 26.1. The van der Waals surface area contributed by atoms with Crippen molar-refractivity contribution in [1.82, 2.24) is 0 Å². The second-order valence-corrected chi connectivity index (χ2v) is 17.1. The lowest BCUT2D eigenvalue weighted by Gasteiger charge is -2.18. The Bertz CT molecular complexity index is 1240. The van der Waals surface area contributed by atoms with Gasteiger partial charge in [0.25, 0.3) is 0 Å². The van der Waals surface area contributed by atoms with Gasteiger partial charge in [-0.1, -0.05) is 215 Å². The Morgan fingerprint density at radius 2 is 0.587 bits per heavy atom. The van der Waals surface area contributed by atoms with E-state index in [2.05, 4.69) is 106 Å². The van der Waals surface area contributed by atoms with Crippen molar-refractivity contribution in [3.8, 4) is 0 Å². The van der Waals surface area contributed by atoms with Crippen molar-refractivity contribution in [2.45, 2.75) is 245 Å². The Morgan fingerprint density at radius 3 is 0.968 bits per heavy atom. The molecule has 0 spiro atoms. The Kier molecular flexibility index (Phi) is 48.5. The highest BCUT2D eigenvalue weighted by molar-refractivity contribution is 5.71. The number of ether oxygens (including phenoxy) is 3. The summed E-state index contributed by atoms with van der Waals surface area (Å²) in [6.07, 6.45) is 65.8. The fourth-order valence-electron chi connectivity index (χ4n) is 6.92. The number of hydrogen-bond acceptors (Lipinski definition) is 6. The fourth-order valence-corrected chi connectivity index (χ4v) is 6.92. The van der Waals surface area contributed by atoms with Crippen LogP contribution in [0, 0.1) is 0 Å². The van der Waals surface area contributed by atoms with E-state index in [1.807, 2.05) is 0 Å². The molecule has 6 heteroatoms. The third-order valence-corrected chi connectivity index (χ3v) is 10.9. The highest BCUT2D eigenvalue weighted by Crippen LogP contribution is 2.14. The van der Waals surface area contributed by atoms with Gasteiger partial charge in [-0.05, 0) is 89.9 Å². The van der Waals surface area contributed by atoms with Crippen molar-refractivity contribution in [2.24, 2.45) is 0 Å². The van der Waals surface area contributed by atoms with Crippen LogP contribution in [0.3, 0.4) is 0 Å². The summed E-state index contributed by atoms with van der Waals surface area (Å²) in [4.78, 5) is 37.9. The summed E-state index contributed by atoms with van der Waals surface area (Å²) in [6, 6.07) is 0. The van der Waals surface area contributed by atoms with Gasteiger partial charge < -0.3 is 14.2 Å². The van der Waals surface area contributed by atoms with E-state index in [4.69, 9.17) is 14.2 Å². The Morgan fingerprint density at radius 1 is 0.317 bits per heavy atom. The van der Waals surface area contributed by atoms with Crippen molar-refractivity contribution >= 4 is 17.9 Å². The van der Waals surface area contributed by atoms with Crippen LogP contribution in [0.5, 0.6) is 0 Å². The molecule has 0 aliphatic carbocycles. The molecule has 0 fully saturated rings. The SMILES string of the molecule is CCCCC/C=C\C/C=C\C/C=C\C/C=C\CCCC(=O)OC[C@H](COC(=O)CCC/C=C\C/C=C\C/C=C\CCCCCCCC)OC(=O)CCCCCCCCCCCCC. The second kappa shape index (κ2) is 51.2. The number of carbonyl (C=O) groups excluding carboxylic acids is 3. The number of rotatable bonds is 46. The Hall–Kier alpha value is -3.41. The molecule has 0 saturated carbocycles. The van der Waals surface area contributed by atoms with Gasteiger partial charge in [-0.25, -0.2) is 0 Å². The zero-order valence-corrected chi connectivity index (χ0v) is 41.1. The van der Waals surface area contributed by atoms with Gasteiger partial charge >= 0.3 is 17.9 Å². The summed E-state index contributed by atoms with van der Waals surface area (Å²) in [5.41, 5.74) is 0. The first-order chi connectivity index (χ1) is 31.0. The van der Waals surface area contributed by atoms with Crippen LogP contribution in [0.25, 0.3) is 0 Å². The minimum absolute atomic E-state index is 0.119. The van der Waals surface area contributed by atoms with E-state index in [1.54, 1.807) is 0 Å². The van der Waals surface area contributed by atoms with E-state index in [9.17, 15) is 14.4 Å². The zero-order chi connectivity index (χ0) is 45.8. The number of carbonyl (C=O) groups is 3. The molecule has 63 heavy (non-hydrogen) atoms. The van der Waals surface area contributed by atoms with Crippen LogP contribution < -0.4 is 0 Å². The van der Waals surface area contributed by atoms with Crippen molar-refractivity contribution in [3.05, 3.63) is 85.1 Å². The van der Waals surface area contributed by atoms with Crippen LogP contribution in [0.4, 0.5) is 0 Å². The van der Waals surface area contributed by atoms with Crippen LogP contribution in [0.1, 0.15) is 239 Å². The van der Waals surface area contributed by atoms with Gasteiger partial charge in [0.2, 0.25) is 0 Å². The average Bonchev–Trinajstić information content (AvgIpc) is 3.28. The molecule has 0 aliphatic rings. The molecule has 0 aromatic rings. The molecule has 0 bridgehead atoms. The molecule has 0 heterocycles. The molecule has 0 radical (unpaired) electrons. The first-order valence-corrected chi connectivity index (χ1v) is 26.1. The smallest absolute Gasteiger partial charge is 0.306 e. The summed E-state index contributed by atoms with van der Waals surface area (Å²) in [6.45, 7) is 6.50. The maximum Gasteiger partial charge on any atom is 0.306 e. The quantitative estimate of drug-likeness (QED) is 0.0262. The van der Waals surface area contributed by atoms with E-state index in [-0.39, 0.29) is 44.0 Å². The summed E-state index contributed by atoms with van der Waals surface area (Å²) >= 11 is 0. The number of unbranched alkanes of at least 4 members (excludes halogenated alkanes) is 21. The van der Waals surface area contributed by atoms with Gasteiger partial charge in [-0.2, -0.15) is 0 Å². The maximum absolute atomic E-state index is 12.8. The lowest BCUT2D eigenvalue weighted by Crippen LogP contribution is -2.30. The Balaban J connectivity index is 4.51. The van der Waals surface area contributed by atoms with E-state index < -0.39 is 6.10 Å². The normalized spacial score (nSPS) is 12.7. The third-order valence-electron chi connectivity index (χ3n) is 10.9. The van der Waals surface area contributed by atoms with Gasteiger partial charge in [-0.3, -0.25) is 14.4 Å². The molecule has 1 atom stereocenters. The maximum atomic E-state index is 12.8. The molecular weight excluding hydrogens is 781 g/mol. The largest absolute Gasteiger partial charge is 0.462 e.